The summed E-state index contributed by atoms with van der Waals surface area (Å²) in [5.74, 6) is 1.05. The molecule has 1 aromatic heterocycles. The summed E-state index contributed by atoms with van der Waals surface area (Å²) in [6.45, 7) is 2.14. The highest BCUT2D eigenvalue weighted by Gasteiger charge is 2.12. The maximum absolute atomic E-state index is 12.3. The fourth-order valence-corrected chi connectivity index (χ4v) is 2.33. The molecule has 0 fully saturated rings. The van der Waals surface area contributed by atoms with E-state index in [0.29, 0.717) is 17.1 Å². The highest BCUT2D eigenvalue weighted by Crippen LogP contribution is 2.16. The van der Waals surface area contributed by atoms with Gasteiger partial charge in [0.15, 0.2) is 5.78 Å². The summed E-state index contributed by atoms with van der Waals surface area (Å²) in [7, 11) is 1.57. The minimum absolute atomic E-state index is 0.0349. The van der Waals surface area contributed by atoms with Crippen molar-refractivity contribution in [3.05, 3.63) is 59.7 Å². The van der Waals surface area contributed by atoms with E-state index >= 15 is 0 Å². The van der Waals surface area contributed by atoms with Crippen molar-refractivity contribution in [3.8, 4) is 17.1 Å². The highest BCUT2D eigenvalue weighted by atomic mass is 16.5. The Labute approximate surface area is 140 Å². The van der Waals surface area contributed by atoms with Crippen molar-refractivity contribution in [1.29, 1.82) is 0 Å². The van der Waals surface area contributed by atoms with E-state index in [2.05, 4.69) is 22.3 Å². The molecule has 0 saturated carbocycles. The van der Waals surface area contributed by atoms with E-state index < -0.39 is 0 Å². The number of hydrogen-bond donors (Lipinski definition) is 0. The van der Waals surface area contributed by atoms with Crippen LogP contribution in [-0.2, 0) is 13.0 Å². The SMILES string of the molecule is CCc1ccc(-c2nnn(CC(=O)c3cccc(OC)c3)n2)cc1. The Hall–Kier alpha value is -3.02. The van der Waals surface area contributed by atoms with Crippen LogP contribution in [0.25, 0.3) is 11.4 Å². The third kappa shape index (κ3) is 3.48. The number of ketones is 1. The lowest BCUT2D eigenvalue weighted by Crippen LogP contribution is -2.13. The number of methoxy groups -OCH3 is 1. The first-order valence-corrected chi connectivity index (χ1v) is 7.74. The molecular formula is C18H18N4O2. The van der Waals surface area contributed by atoms with Crippen LogP contribution < -0.4 is 4.74 Å². The van der Waals surface area contributed by atoms with Gasteiger partial charge in [0.05, 0.1) is 7.11 Å². The number of carbonyl (C=O) groups excluding carboxylic acids is 1. The Bertz CT molecular complexity index is 840. The van der Waals surface area contributed by atoms with Gasteiger partial charge in [0, 0.05) is 11.1 Å². The topological polar surface area (TPSA) is 69.9 Å². The number of tetrazole rings is 1. The molecule has 0 aliphatic heterocycles. The second kappa shape index (κ2) is 7.04. The van der Waals surface area contributed by atoms with Crippen LogP contribution >= 0.6 is 0 Å². The number of aryl methyl sites for hydroxylation is 1. The van der Waals surface area contributed by atoms with Crippen LogP contribution in [0.1, 0.15) is 22.8 Å². The van der Waals surface area contributed by atoms with Crippen molar-refractivity contribution in [3.63, 3.8) is 0 Å². The fraction of sp³-hybridized carbons (Fsp3) is 0.222. The van der Waals surface area contributed by atoms with Crippen LogP contribution in [-0.4, -0.2) is 33.1 Å². The third-order valence-electron chi connectivity index (χ3n) is 3.75. The number of nitrogens with zero attached hydrogens (tertiary/aromatic N) is 4. The molecule has 0 aliphatic rings. The predicted octanol–water partition coefficient (Wildman–Crippen LogP) is 2.79. The maximum atomic E-state index is 12.3. The van der Waals surface area contributed by atoms with Crippen molar-refractivity contribution in [1.82, 2.24) is 20.2 Å². The average Bonchev–Trinajstić information content (AvgIpc) is 3.10. The van der Waals surface area contributed by atoms with Gasteiger partial charge in [-0.1, -0.05) is 43.3 Å². The van der Waals surface area contributed by atoms with Crippen LogP contribution in [0.4, 0.5) is 0 Å². The Morgan fingerprint density at radius 1 is 1.17 bits per heavy atom. The third-order valence-corrected chi connectivity index (χ3v) is 3.75. The van der Waals surface area contributed by atoms with Gasteiger partial charge in [-0.05, 0) is 29.3 Å². The van der Waals surface area contributed by atoms with Gasteiger partial charge in [-0.15, -0.1) is 10.2 Å². The average molecular weight is 322 g/mol. The number of ether oxygens (including phenoxy) is 1. The smallest absolute Gasteiger partial charge is 0.204 e. The molecule has 2 aromatic carbocycles. The summed E-state index contributed by atoms with van der Waals surface area (Å²) in [5.41, 5.74) is 2.69. The van der Waals surface area contributed by atoms with Crippen LogP contribution in [0, 0.1) is 0 Å². The van der Waals surface area contributed by atoms with Crippen LogP contribution in [0.15, 0.2) is 48.5 Å². The standard InChI is InChI=1S/C18H18N4O2/c1-3-13-7-9-14(10-8-13)18-19-21-22(20-18)12-17(23)15-5-4-6-16(11-15)24-2/h4-11H,3,12H2,1-2H3. The van der Waals surface area contributed by atoms with Crippen LogP contribution in [0.5, 0.6) is 5.75 Å². The minimum Gasteiger partial charge on any atom is -0.497 e. The first kappa shape index (κ1) is 15.9. The number of Topliss-reactive ketones (excluding diaryl/α,β-unsaturated/α-hetero) is 1. The summed E-state index contributed by atoms with van der Waals surface area (Å²) >= 11 is 0. The molecule has 0 saturated heterocycles. The van der Waals surface area contributed by atoms with E-state index in [9.17, 15) is 4.79 Å². The summed E-state index contributed by atoms with van der Waals surface area (Å²) in [5, 5.41) is 12.3. The van der Waals surface area contributed by atoms with Crippen molar-refractivity contribution >= 4 is 5.78 Å². The fourth-order valence-electron chi connectivity index (χ4n) is 2.33. The Balaban J connectivity index is 1.74. The molecule has 0 spiro atoms. The number of rotatable bonds is 6. The van der Waals surface area contributed by atoms with E-state index in [4.69, 9.17) is 4.74 Å². The van der Waals surface area contributed by atoms with Gasteiger partial charge in [-0.2, -0.15) is 4.80 Å². The van der Waals surface area contributed by atoms with E-state index in [0.717, 1.165) is 12.0 Å². The summed E-state index contributed by atoms with van der Waals surface area (Å²) < 4.78 is 5.13. The van der Waals surface area contributed by atoms with Gasteiger partial charge < -0.3 is 4.74 Å². The van der Waals surface area contributed by atoms with Crippen LogP contribution in [0.2, 0.25) is 0 Å². The lowest BCUT2D eigenvalue weighted by molar-refractivity contribution is 0.0961. The lowest BCUT2D eigenvalue weighted by atomic mass is 10.1. The zero-order valence-electron chi connectivity index (χ0n) is 13.6. The molecule has 0 aliphatic carbocycles. The van der Waals surface area contributed by atoms with Gasteiger partial charge in [0.25, 0.3) is 0 Å². The Morgan fingerprint density at radius 2 is 1.96 bits per heavy atom. The van der Waals surface area contributed by atoms with Gasteiger partial charge in [-0.25, -0.2) is 0 Å². The highest BCUT2D eigenvalue weighted by molar-refractivity contribution is 5.96. The van der Waals surface area contributed by atoms with E-state index in [1.807, 2.05) is 24.3 Å². The molecule has 0 amide bonds. The predicted molar refractivity (Wildman–Crippen MR) is 90.0 cm³/mol. The number of benzene rings is 2. The Morgan fingerprint density at radius 3 is 2.67 bits per heavy atom. The Kier molecular flexibility index (Phi) is 4.65. The van der Waals surface area contributed by atoms with Crippen molar-refractivity contribution in [2.75, 3.05) is 7.11 Å². The normalized spacial score (nSPS) is 10.6. The molecule has 6 heteroatoms. The van der Waals surface area contributed by atoms with Crippen molar-refractivity contribution in [2.45, 2.75) is 19.9 Å². The van der Waals surface area contributed by atoms with Crippen molar-refractivity contribution < 1.29 is 9.53 Å². The summed E-state index contributed by atoms with van der Waals surface area (Å²) in [6.07, 6.45) is 0.982. The molecule has 1 heterocycles. The largest absolute Gasteiger partial charge is 0.497 e. The molecule has 0 N–H and O–H groups in total. The molecule has 24 heavy (non-hydrogen) atoms. The van der Waals surface area contributed by atoms with E-state index in [1.165, 1.54) is 10.4 Å². The first-order chi connectivity index (χ1) is 11.7. The summed E-state index contributed by atoms with van der Waals surface area (Å²) in [4.78, 5) is 13.6. The molecule has 0 bridgehead atoms. The second-order valence-electron chi connectivity index (χ2n) is 5.35. The lowest BCUT2D eigenvalue weighted by Gasteiger charge is -2.03. The molecule has 0 atom stereocenters. The molecule has 3 aromatic rings. The number of aromatic nitrogens is 4. The van der Waals surface area contributed by atoms with E-state index in [1.54, 1.807) is 31.4 Å². The van der Waals surface area contributed by atoms with Crippen molar-refractivity contribution in [2.24, 2.45) is 0 Å². The molecule has 6 nitrogen and oxygen atoms in total. The van der Waals surface area contributed by atoms with E-state index in [-0.39, 0.29) is 12.3 Å². The molecule has 0 unspecified atom stereocenters. The minimum atomic E-state index is -0.0980. The molecule has 0 radical (unpaired) electrons. The van der Waals surface area contributed by atoms with Gasteiger partial charge in [-0.3, -0.25) is 4.79 Å². The molecule has 3 rings (SSSR count). The quantitative estimate of drug-likeness (QED) is 0.653. The summed E-state index contributed by atoms with van der Waals surface area (Å²) in [6, 6.07) is 15.0. The maximum Gasteiger partial charge on any atom is 0.204 e. The first-order valence-electron chi connectivity index (χ1n) is 7.74. The number of hydrogen-bond acceptors (Lipinski definition) is 5. The zero-order chi connectivity index (χ0) is 16.9. The van der Waals surface area contributed by atoms with Crippen LogP contribution in [0.3, 0.4) is 0 Å². The molecular weight excluding hydrogens is 304 g/mol. The van der Waals surface area contributed by atoms with Gasteiger partial charge in [0.2, 0.25) is 5.82 Å². The monoisotopic (exact) mass is 322 g/mol. The van der Waals surface area contributed by atoms with Gasteiger partial charge >= 0.3 is 0 Å². The second-order valence-corrected chi connectivity index (χ2v) is 5.35. The molecule has 122 valence electrons. The van der Waals surface area contributed by atoms with Gasteiger partial charge in [0.1, 0.15) is 12.3 Å². The zero-order valence-corrected chi connectivity index (χ0v) is 13.6. The number of carbonyl (C=O) groups is 1.